The lowest BCUT2D eigenvalue weighted by Gasteiger charge is -1.98. The molecular formula is C8H8BrN3S2. The summed E-state index contributed by atoms with van der Waals surface area (Å²) in [5.41, 5.74) is 5.51. The summed E-state index contributed by atoms with van der Waals surface area (Å²) in [4.78, 5) is 1.28. The highest BCUT2D eigenvalue weighted by molar-refractivity contribution is 9.10. The molecule has 0 saturated carbocycles. The summed E-state index contributed by atoms with van der Waals surface area (Å²) in [7, 11) is 0. The number of anilines is 2. The van der Waals surface area contributed by atoms with E-state index >= 15 is 0 Å². The minimum Gasteiger partial charge on any atom is -0.383 e. The van der Waals surface area contributed by atoms with Crippen LogP contribution in [0.3, 0.4) is 0 Å². The molecule has 0 bridgehead atoms. The maximum Gasteiger partial charge on any atom is 0.139 e. The van der Waals surface area contributed by atoms with E-state index in [1.165, 1.54) is 16.4 Å². The van der Waals surface area contributed by atoms with Gasteiger partial charge < -0.3 is 11.1 Å². The first-order valence-corrected chi connectivity index (χ1v) is 6.37. The summed E-state index contributed by atoms with van der Waals surface area (Å²) in [5.74, 6) is 0.574. The lowest BCUT2D eigenvalue weighted by Crippen LogP contribution is -1.94. The van der Waals surface area contributed by atoms with Crippen molar-refractivity contribution in [2.24, 2.45) is 0 Å². The number of nitrogens with two attached hydrogens (primary N) is 1. The Morgan fingerprint density at radius 2 is 2.36 bits per heavy atom. The fraction of sp³-hybridized carbons (Fsp3) is 0.125. The maximum absolute atomic E-state index is 5.51. The summed E-state index contributed by atoms with van der Waals surface area (Å²) in [6.07, 6.45) is 0. The predicted octanol–water partition coefficient (Wildman–Crippen LogP) is 3.16. The quantitative estimate of drug-likeness (QED) is 0.913. The Kier molecular flexibility index (Phi) is 3.05. The second-order valence-corrected chi connectivity index (χ2v) is 5.42. The van der Waals surface area contributed by atoms with Gasteiger partial charge in [0.1, 0.15) is 10.8 Å². The molecule has 0 saturated heterocycles. The van der Waals surface area contributed by atoms with Crippen LogP contribution in [-0.4, -0.2) is 4.37 Å². The van der Waals surface area contributed by atoms with E-state index in [9.17, 15) is 0 Å². The minimum atomic E-state index is 0.574. The molecule has 3 nitrogen and oxygen atoms in total. The van der Waals surface area contributed by atoms with E-state index in [1.54, 1.807) is 11.3 Å². The molecule has 14 heavy (non-hydrogen) atoms. The van der Waals surface area contributed by atoms with Crippen LogP contribution in [0.4, 0.5) is 10.8 Å². The van der Waals surface area contributed by atoms with Gasteiger partial charge in [-0.2, -0.15) is 4.37 Å². The molecule has 2 aromatic rings. The fourth-order valence-corrected chi connectivity index (χ4v) is 2.95. The maximum atomic E-state index is 5.51. The van der Waals surface area contributed by atoms with Gasteiger partial charge in [-0.15, -0.1) is 11.3 Å². The highest BCUT2D eigenvalue weighted by Crippen LogP contribution is 2.22. The van der Waals surface area contributed by atoms with Crippen LogP contribution in [0.2, 0.25) is 0 Å². The molecule has 2 heterocycles. The largest absolute Gasteiger partial charge is 0.383 e. The Morgan fingerprint density at radius 3 is 2.93 bits per heavy atom. The first kappa shape index (κ1) is 9.95. The SMILES string of the molecule is Nc1cc(NCc2cc(Br)cs2)sn1. The molecular weight excluding hydrogens is 282 g/mol. The number of hydrogen-bond donors (Lipinski definition) is 2. The predicted molar refractivity (Wildman–Crippen MR) is 65.9 cm³/mol. The van der Waals surface area contributed by atoms with E-state index in [-0.39, 0.29) is 0 Å². The van der Waals surface area contributed by atoms with Crippen molar-refractivity contribution >= 4 is 49.6 Å². The fourth-order valence-electron chi connectivity index (χ4n) is 0.993. The van der Waals surface area contributed by atoms with Gasteiger partial charge in [-0.1, -0.05) is 0 Å². The average Bonchev–Trinajstić information content (AvgIpc) is 2.72. The van der Waals surface area contributed by atoms with Crippen LogP contribution in [0.5, 0.6) is 0 Å². The number of halogens is 1. The van der Waals surface area contributed by atoms with Crippen LogP contribution in [-0.2, 0) is 6.54 Å². The van der Waals surface area contributed by atoms with Crippen LogP contribution < -0.4 is 11.1 Å². The van der Waals surface area contributed by atoms with Gasteiger partial charge in [0.25, 0.3) is 0 Å². The van der Waals surface area contributed by atoms with Crippen molar-refractivity contribution in [1.82, 2.24) is 4.37 Å². The van der Waals surface area contributed by atoms with Gasteiger partial charge in [-0.3, -0.25) is 0 Å². The number of thiophene rings is 1. The van der Waals surface area contributed by atoms with Crippen LogP contribution in [0.1, 0.15) is 4.88 Å². The molecule has 0 aliphatic heterocycles. The monoisotopic (exact) mass is 289 g/mol. The van der Waals surface area contributed by atoms with Crippen molar-refractivity contribution in [3.63, 3.8) is 0 Å². The molecule has 0 unspecified atom stereocenters. The average molecular weight is 290 g/mol. The van der Waals surface area contributed by atoms with Crippen LogP contribution >= 0.6 is 38.8 Å². The molecule has 0 amide bonds. The zero-order valence-electron chi connectivity index (χ0n) is 7.16. The van der Waals surface area contributed by atoms with Crippen molar-refractivity contribution in [3.8, 4) is 0 Å². The van der Waals surface area contributed by atoms with Crippen molar-refractivity contribution < 1.29 is 0 Å². The van der Waals surface area contributed by atoms with Crippen molar-refractivity contribution in [1.29, 1.82) is 0 Å². The molecule has 0 atom stereocenters. The highest BCUT2D eigenvalue weighted by Gasteiger charge is 2.00. The third-order valence-corrected chi connectivity index (χ3v) is 4.05. The minimum absolute atomic E-state index is 0.574. The lowest BCUT2D eigenvalue weighted by atomic mass is 10.4. The number of rotatable bonds is 3. The zero-order chi connectivity index (χ0) is 9.97. The van der Waals surface area contributed by atoms with Crippen LogP contribution in [0, 0.1) is 0 Å². The molecule has 0 aromatic carbocycles. The highest BCUT2D eigenvalue weighted by atomic mass is 79.9. The number of nitrogens with one attached hydrogen (secondary N) is 1. The second kappa shape index (κ2) is 4.29. The molecule has 6 heteroatoms. The molecule has 0 radical (unpaired) electrons. The summed E-state index contributed by atoms with van der Waals surface area (Å²) < 4.78 is 5.11. The van der Waals surface area contributed by atoms with Crippen LogP contribution in [0.15, 0.2) is 22.0 Å². The zero-order valence-corrected chi connectivity index (χ0v) is 10.4. The molecule has 74 valence electrons. The number of nitrogens with zero attached hydrogens (tertiary/aromatic N) is 1. The normalized spacial score (nSPS) is 10.4. The first-order valence-electron chi connectivity index (χ1n) is 3.93. The summed E-state index contributed by atoms with van der Waals surface area (Å²) in [5, 5.41) is 6.33. The van der Waals surface area contributed by atoms with Gasteiger partial charge in [-0.05, 0) is 33.5 Å². The Bertz CT molecular complexity index is 383. The Balaban J connectivity index is 1.94. The second-order valence-electron chi connectivity index (χ2n) is 2.70. The molecule has 0 aliphatic carbocycles. The lowest BCUT2D eigenvalue weighted by molar-refractivity contribution is 1.21. The third kappa shape index (κ3) is 2.46. The molecule has 0 aliphatic rings. The molecule has 3 N–H and O–H groups in total. The third-order valence-electron chi connectivity index (χ3n) is 1.59. The summed E-state index contributed by atoms with van der Waals surface area (Å²) in [6.45, 7) is 0.817. The van der Waals surface area contributed by atoms with E-state index in [1.807, 2.05) is 6.07 Å². The van der Waals surface area contributed by atoms with Crippen LogP contribution in [0.25, 0.3) is 0 Å². The molecule has 2 rings (SSSR count). The first-order chi connectivity index (χ1) is 6.74. The van der Waals surface area contributed by atoms with Gasteiger partial charge >= 0.3 is 0 Å². The van der Waals surface area contributed by atoms with Gasteiger partial charge in [0.15, 0.2) is 0 Å². The van der Waals surface area contributed by atoms with E-state index in [4.69, 9.17) is 5.73 Å². The van der Waals surface area contributed by atoms with E-state index < -0.39 is 0 Å². The summed E-state index contributed by atoms with van der Waals surface area (Å²) in [6, 6.07) is 3.94. The molecule has 0 fully saturated rings. The molecule has 2 aromatic heterocycles. The Morgan fingerprint density at radius 1 is 1.50 bits per heavy atom. The molecule has 0 spiro atoms. The van der Waals surface area contributed by atoms with Gasteiger partial charge in [0.2, 0.25) is 0 Å². The van der Waals surface area contributed by atoms with E-state index in [0.29, 0.717) is 5.82 Å². The van der Waals surface area contributed by atoms with Crippen molar-refractivity contribution in [2.45, 2.75) is 6.54 Å². The van der Waals surface area contributed by atoms with Crippen molar-refractivity contribution in [2.75, 3.05) is 11.1 Å². The Hall–Kier alpha value is -0.590. The van der Waals surface area contributed by atoms with Gasteiger partial charge in [-0.25, -0.2) is 0 Å². The van der Waals surface area contributed by atoms with Crippen molar-refractivity contribution in [3.05, 3.63) is 26.9 Å². The topological polar surface area (TPSA) is 50.9 Å². The standard InChI is InChI=1S/C8H8BrN3S2/c9-5-1-6(13-4-5)3-11-8-2-7(10)12-14-8/h1-2,4,11H,3H2,(H2,10,12). The smallest absolute Gasteiger partial charge is 0.139 e. The Labute approximate surface area is 98.3 Å². The number of aromatic nitrogens is 1. The number of hydrogen-bond acceptors (Lipinski definition) is 5. The summed E-state index contributed by atoms with van der Waals surface area (Å²) >= 11 is 6.52. The van der Waals surface area contributed by atoms with Gasteiger partial charge in [0.05, 0.1) is 6.54 Å². The van der Waals surface area contributed by atoms with E-state index in [0.717, 1.165) is 16.0 Å². The van der Waals surface area contributed by atoms with Gasteiger partial charge in [0, 0.05) is 20.8 Å². The number of nitrogen functional groups attached to an aromatic ring is 1. The van der Waals surface area contributed by atoms with E-state index in [2.05, 4.69) is 37.1 Å².